The van der Waals surface area contributed by atoms with Crippen molar-refractivity contribution in [3.05, 3.63) is 95.1 Å². The van der Waals surface area contributed by atoms with Crippen molar-refractivity contribution in [3.8, 4) is 11.5 Å². The van der Waals surface area contributed by atoms with Gasteiger partial charge in [-0.2, -0.15) is 0 Å². The number of hydrogen-bond donors (Lipinski definition) is 1. The molecule has 3 aromatic carbocycles. The van der Waals surface area contributed by atoms with Crippen LogP contribution in [0, 0.1) is 0 Å². The van der Waals surface area contributed by atoms with Crippen LogP contribution in [0.2, 0.25) is 0 Å². The van der Waals surface area contributed by atoms with Gasteiger partial charge in [0.25, 0.3) is 5.91 Å². The third-order valence-electron chi connectivity index (χ3n) is 7.70. The molecule has 1 unspecified atom stereocenters. The van der Waals surface area contributed by atoms with Gasteiger partial charge in [-0.3, -0.25) is 14.6 Å². The average molecular weight is 516 g/mol. The molecule has 0 saturated carbocycles. The van der Waals surface area contributed by atoms with Crippen molar-refractivity contribution in [1.29, 1.82) is 0 Å². The Morgan fingerprint density at radius 2 is 1.63 bits per heavy atom. The lowest BCUT2D eigenvalue weighted by Crippen LogP contribution is -2.56. The molecule has 0 spiro atoms. The molecular formula is C32H41N3O3. The Morgan fingerprint density at radius 1 is 0.947 bits per heavy atom. The van der Waals surface area contributed by atoms with Gasteiger partial charge < -0.3 is 14.7 Å². The van der Waals surface area contributed by atoms with Crippen molar-refractivity contribution in [3.63, 3.8) is 0 Å². The normalized spacial score (nSPS) is 19.2. The van der Waals surface area contributed by atoms with Gasteiger partial charge in [-0.25, -0.2) is 0 Å². The number of nitrogens with zero attached hydrogens (tertiary/aromatic N) is 3. The summed E-state index contributed by atoms with van der Waals surface area (Å²) in [5, 5.41) is 9.93. The maximum Gasteiger partial charge on any atom is 0.253 e. The van der Waals surface area contributed by atoms with Gasteiger partial charge in [-0.1, -0.05) is 36.4 Å². The number of phenolic OH excluding ortho intramolecular Hbond substituents is 1. The van der Waals surface area contributed by atoms with Crippen molar-refractivity contribution in [2.45, 2.75) is 52.4 Å². The minimum atomic E-state index is -0.0186. The lowest BCUT2D eigenvalue weighted by atomic mass is 9.92. The van der Waals surface area contributed by atoms with Gasteiger partial charge in [-0.05, 0) is 80.8 Å². The summed E-state index contributed by atoms with van der Waals surface area (Å²) in [5.41, 5.74) is 4.10. The predicted molar refractivity (Wildman–Crippen MR) is 153 cm³/mol. The summed E-state index contributed by atoms with van der Waals surface area (Å²) in [6, 6.07) is 24.5. The molecule has 4 rings (SSSR count). The van der Waals surface area contributed by atoms with Crippen molar-refractivity contribution < 1.29 is 14.6 Å². The third kappa shape index (κ3) is 6.20. The molecule has 202 valence electrons. The van der Waals surface area contributed by atoms with Crippen LogP contribution in [0.3, 0.4) is 0 Å². The number of hydrogen-bond acceptors (Lipinski definition) is 5. The number of methoxy groups -OCH3 is 1. The van der Waals surface area contributed by atoms with Crippen LogP contribution in [-0.2, 0) is 6.54 Å². The highest BCUT2D eigenvalue weighted by atomic mass is 16.5. The van der Waals surface area contributed by atoms with Crippen molar-refractivity contribution in [2.75, 3.05) is 33.3 Å². The van der Waals surface area contributed by atoms with E-state index in [1.54, 1.807) is 13.2 Å². The maximum absolute atomic E-state index is 13.2. The van der Waals surface area contributed by atoms with Crippen LogP contribution in [0.4, 0.5) is 0 Å². The molecule has 0 bridgehead atoms. The smallest absolute Gasteiger partial charge is 0.253 e. The number of amides is 1. The largest absolute Gasteiger partial charge is 0.508 e. The fourth-order valence-corrected chi connectivity index (χ4v) is 5.62. The highest BCUT2D eigenvalue weighted by Crippen LogP contribution is 2.35. The zero-order valence-electron chi connectivity index (χ0n) is 23.3. The number of benzene rings is 3. The highest BCUT2D eigenvalue weighted by Gasteiger charge is 2.35. The van der Waals surface area contributed by atoms with Gasteiger partial charge >= 0.3 is 0 Å². The Morgan fingerprint density at radius 3 is 2.32 bits per heavy atom. The summed E-state index contributed by atoms with van der Waals surface area (Å²) in [6.07, 6.45) is 0. The van der Waals surface area contributed by atoms with Crippen LogP contribution < -0.4 is 4.74 Å². The Bertz CT molecular complexity index is 1230. The molecule has 0 aromatic heterocycles. The molecule has 0 radical (unpaired) electrons. The van der Waals surface area contributed by atoms with Gasteiger partial charge in [0.1, 0.15) is 11.5 Å². The first kappa shape index (κ1) is 27.7. The highest BCUT2D eigenvalue weighted by molar-refractivity contribution is 5.94. The molecule has 1 aliphatic rings. The van der Waals surface area contributed by atoms with Gasteiger partial charge in [-0.15, -0.1) is 0 Å². The molecule has 38 heavy (non-hydrogen) atoms. The molecule has 3 atom stereocenters. The second-order valence-corrected chi connectivity index (χ2v) is 10.3. The fourth-order valence-electron chi connectivity index (χ4n) is 5.62. The van der Waals surface area contributed by atoms with Crippen LogP contribution in [-0.4, -0.2) is 71.1 Å². The molecule has 1 saturated heterocycles. The molecule has 1 aliphatic heterocycles. The van der Waals surface area contributed by atoms with Crippen molar-refractivity contribution >= 4 is 5.91 Å². The van der Waals surface area contributed by atoms with Crippen LogP contribution in [0.1, 0.15) is 60.8 Å². The minimum absolute atomic E-state index is 0.0186. The van der Waals surface area contributed by atoms with Crippen molar-refractivity contribution in [2.24, 2.45) is 0 Å². The number of carbonyl (C=O) groups excluding carboxylic acids is 1. The number of phenols is 1. The first-order valence-corrected chi connectivity index (χ1v) is 13.6. The topological polar surface area (TPSA) is 56.2 Å². The molecule has 1 amide bonds. The lowest BCUT2D eigenvalue weighted by Gasteiger charge is -2.47. The summed E-state index contributed by atoms with van der Waals surface area (Å²) in [4.78, 5) is 20.1. The third-order valence-corrected chi connectivity index (χ3v) is 7.70. The number of carbonyl (C=O) groups is 1. The minimum Gasteiger partial charge on any atom is -0.508 e. The van der Waals surface area contributed by atoms with Crippen LogP contribution in [0.25, 0.3) is 0 Å². The zero-order chi connectivity index (χ0) is 27.2. The van der Waals surface area contributed by atoms with Gasteiger partial charge in [0, 0.05) is 50.4 Å². The van der Waals surface area contributed by atoms with E-state index in [0.717, 1.165) is 47.6 Å². The van der Waals surface area contributed by atoms with E-state index in [1.165, 1.54) is 0 Å². The molecule has 6 heteroatoms. The summed E-state index contributed by atoms with van der Waals surface area (Å²) >= 11 is 0. The van der Waals surface area contributed by atoms with Crippen molar-refractivity contribution in [1.82, 2.24) is 14.7 Å². The maximum atomic E-state index is 13.2. The lowest BCUT2D eigenvalue weighted by molar-refractivity contribution is 0.0194. The quantitative estimate of drug-likeness (QED) is 0.404. The van der Waals surface area contributed by atoms with Crippen LogP contribution in [0.5, 0.6) is 11.5 Å². The molecule has 3 aromatic rings. The zero-order valence-corrected chi connectivity index (χ0v) is 23.3. The molecule has 1 fully saturated rings. The molecule has 0 aliphatic carbocycles. The summed E-state index contributed by atoms with van der Waals surface area (Å²) in [6.45, 7) is 12.5. The van der Waals surface area contributed by atoms with Gasteiger partial charge in [0.15, 0.2) is 0 Å². The summed E-state index contributed by atoms with van der Waals surface area (Å²) in [5.74, 6) is 1.20. The van der Waals surface area contributed by atoms with E-state index < -0.39 is 0 Å². The summed E-state index contributed by atoms with van der Waals surface area (Å²) < 4.78 is 5.58. The van der Waals surface area contributed by atoms with Crippen LogP contribution in [0.15, 0.2) is 72.8 Å². The first-order valence-electron chi connectivity index (χ1n) is 13.6. The molecule has 6 nitrogen and oxygen atoms in total. The van der Waals surface area contributed by atoms with E-state index in [0.29, 0.717) is 24.9 Å². The van der Waals surface area contributed by atoms with Crippen LogP contribution >= 0.6 is 0 Å². The van der Waals surface area contributed by atoms with Gasteiger partial charge in [0.2, 0.25) is 0 Å². The van der Waals surface area contributed by atoms with E-state index in [-0.39, 0.29) is 18.0 Å². The monoisotopic (exact) mass is 515 g/mol. The average Bonchev–Trinajstić information content (AvgIpc) is 2.92. The Balaban J connectivity index is 1.67. The Hall–Kier alpha value is -3.35. The Labute approximate surface area is 227 Å². The van der Waals surface area contributed by atoms with E-state index in [1.807, 2.05) is 55.1 Å². The van der Waals surface area contributed by atoms with Gasteiger partial charge in [0.05, 0.1) is 13.2 Å². The van der Waals surface area contributed by atoms with E-state index in [2.05, 4.69) is 54.0 Å². The number of rotatable bonds is 9. The number of aromatic hydroxyl groups is 1. The molecule has 1 N–H and O–H groups in total. The van der Waals surface area contributed by atoms with E-state index in [4.69, 9.17) is 4.74 Å². The predicted octanol–water partition coefficient (Wildman–Crippen LogP) is 5.57. The molecule has 1 heterocycles. The summed E-state index contributed by atoms with van der Waals surface area (Å²) in [7, 11) is 1.70. The second-order valence-electron chi connectivity index (χ2n) is 10.3. The first-order chi connectivity index (χ1) is 18.3. The SMILES string of the molecule is CCN(CC)C(=O)c1cccc([C@H](c2cccc(OC)c2)N2CC(C)N(Cc3cccc(O)c3)C[C@@H]2C)c1. The second kappa shape index (κ2) is 12.5. The van der Waals surface area contributed by atoms with E-state index in [9.17, 15) is 9.90 Å². The number of piperazine rings is 1. The fraction of sp³-hybridized carbons (Fsp3) is 0.406. The number of ether oxygens (including phenoxy) is 1. The molecular weight excluding hydrogens is 474 g/mol. The Kier molecular flexibility index (Phi) is 9.08. The standard InChI is InChI=1S/C32H41N3O3/c1-6-33(7-2)32(37)28-14-9-12-26(18-28)31(27-13-10-16-30(19-27)38-5)35-21-23(3)34(20-24(35)4)22-25-11-8-15-29(36)17-25/h8-19,23-24,31,36H,6-7,20-22H2,1-5H3/t23?,24-,31+/m0/s1. The van der Waals surface area contributed by atoms with E-state index >= 15 is 0 Å².